The van der Waals surface area contributed by atoms with Crippen LogP contribution in [0.3, 0.4) is 0 Å². The van der Waals surface area contributed by atoms with Gasteiger partial charge >= 0.3 is 5.97 Å². The number of carbonyl (C=O) groups is 2. The van der Waals surface area contributed by atoms with Gasteiger partial charge in [-0.25, -0.2) is 0 Å². The van der Waals surface area contributed by atoms with E-state index in [0.717, 1.165) is 34.4 Å². The lowest BCUT2D eigenvalue weighted by atomic mass is 9.86. The molecule has 0 unspecified atom stereocenters. The molecule has 2 fully saturated rings. The maximum Gasteiger partial charge on any atom is 0.306 e. The van der Waals surface area contributed by atoms with Crippen molar-refractivity contribution in [2.45, 2.75) is 38.6 Å². The number of carbonyl (C=O) groups excluding carboxylic acids is 2. The molecule has 0 spiro atoms. The Morgan fingerprint density at radius 2 is 1.86 bits per heavy atom. The van der Waals surface area contributed by atoms with Gasteiger partial charge in [0.1, 0.15) is 5.75 Å². The van der Waals surface area contributed by atoms with Gasteiger partial charge < -0.3 is 14.4 Å². The third-order valence-corrected chi connectivity index (χ3v) is 6.63. The van der Waals surface area contributed by atoms with Gasteiger partial charge in [0.15, 0.2) is 6.61 Å². The Labute approximate surface area is 172 Å². The van der Waals surface area contributed by atoms with E-state index in [-0.39, 0.29) is 18.5 Å². The number of rotatable bonds is 7. The molecular weight excluding hydrogens is 366 g/mol. The number of fused-ring (bicyclic) bond motifs is 3. The topological polar surface area (TPSA) is 55.8 Å². The smallest absolute Gasteiger partial charge is 0.306 e. The average molecular weight is 395 g/mol. The number of nitrogens with zero attached hydrogens (tertiary/aromatic N) is 1. The first kappa shape index (κ1) is 19.7. The molecule has 0 radical (unpaired) electrons. The molecule has 154 valence electrons. The highest BCUT2D eigenvalue weighted by Gasteiger charge is 2.40. The number of likely N-dealkylation sites (N-methyl/N-ethyl adjacent to an activating group) is 1. The summed E-state index contributed by atoms with van der Waals surface area (Å²) in [5.41, 5.74) is 1.03. The van der Waals surface area contributed by atoms with Crippen molar-refractivity contribution >= 4 is 22.6 Å². The Kier molecular flexibility index (Phi) is 5.74. The molecule has 0 aromatic heterocycles. The minimum absolute atomic E-state index is 0.180. The molecule has 3 atom stereocenters. The van der Waals surface area contributed by atoms with E-state index in [0.29, 0.717) is 24.8 Å². The maximum absolute atomic E-state index is 12.4. The van der Waals surface area contributed by atoms with E-state index >= 15 is 0 Å². The summed E-state index contributed by atoms with van der Waals surface area (Å²) in [7, 11) is 3.39. The van der Waals surface area contributed by atoms with Gasteiger partial charge in [-0.05, 0) is 71.6 Å². The van der Waals surface area contributed by atoms with E-state index in [1.54, 1.807) is 19.1 Å². The number of amides is 1. The fraction of sp³-hybridized carbons (Fsp3) is 0.500. The van der Waals surface area contributed by atoms with Crippen LogP contribution < -0.4 is 4.74 Å². The van der Waals surface area contributed by atoms with E-state index in [9.17, 15) is 9.59 Å². The van der Waals surface area contributed by atoms with Crippen LogP contribution in [0.5, 0.6) is 5.75 Å². The Hall–Kier alpha value is -2.56. The zero-order valence-electron chi connectivity index (χ0n) is 17.2. The summed E-state index contributed by atoms with van der Waals surface area (Å²) in [4.78, 5) is 26.2. The Morgan fingerprint density at radius 3 is 2.59 bits per heavy atom. The highest BCUT2D eigenvalue weighted by molar-refractivity contribution is 5.85. The quantitative estimate of drug-likeness (QED) is 0.660. The third kappa shape index (κ3) is 4.55. The van der Waals surface area contributed by atoms with Crippen molar-refractivity contribution in [2.24, 2.45) is 17.8 Å². The van der Waals surface area contributed by atoms with Crippen molar-refractivity contribution in [3.8, 4) is 5.75 Å². The largest absolute Gasteiger partial charge is 0.497 e. The van der Waals surface area contributed by atoms with Gasteiger partial charge in [0, 0.05) is 20.0 Å². The van der Waals surface area contributed by atoms with Gasteiger partial charge in [-0.1, -0.05) is 24.6 Å². The van der Waals surface area contributed by atoms with Crippen molar-refractivity contribution in [2.75, 3.05) is 20.8 Å². The second kappa shape index (κ2) is 8.44. The molecule has 2 aromatic carbocycles. The highest BCUT2D eigenvalue weighted by atomic mass is 16.5. The number of hydrogen-bond acceptors (Lipinski definition) is 4. The molecule has 5 heteroatoms. The first-order chi connectivity index (χ1) is 14.0. The number of methoxy groups -OCH3 is 1. The second-order valence-electron chi connectivity index (χ2n) is 8.60. The molecule has 1 amide bonds. The van der Waals surface area contributed by atoms with Crippen LogP contribution in [-0.4, -0.2) is 37.5 Å². The van der Waals surface area contributed by atoms with Gasteiger partial charge in [-0.15, -0.1) is 0 Å². The Balaban J connectivity index is 1.26. The van der Waals surface area contributed by atoms with Gasteiger partial charge in [0.25, 0.3) is 5.91 Å². The second-order valence-corrected chi connectivity index (χ2v) is 8.60. The Morgan fingerprint density at radius 1 is 1.07 bits per heavy atom. The van der Waals surface area contributed by atoms with Crippen LogP contribution in [0.1, 0.15) is 37.7 Å². The number of ether oxygens (including phenoxy) is 2. The normalized spacial score (nSPS) is 22.6. The summed E-state index contributed by atoms with van der Waals surface area (Å²) in [6.07, 6.45) is 5.47. The highest BCUT2D eigenvalue weighted by Crippen LogP contribution is 2.49. The first-order valence-electron chi connectivity index (χ1n) is 10.5. The van der Waals surface area contributed by atoms with Crippen LogP contribution in [0.15, 0.2) is 36.4 Å². The lowest BCUT2D eigenvalue weighted by molar-refractivity contribution is -0.152. The molecule has 2 aliphatic rings. The van der Waals surface area contributed by atoms with Crippen molar-refractivity contribution in [3.05, 3.63) is 42.0 Å². The van der Waals surface area contributed by atoms with Gasteiger partial charge in [0.05, 0.1) is 7.11 Å². The van der Waals surface area contributed by atoms with Gasteiger partial charge in [-0.3, -0.25) is 9.59 Å². The predicted octanol–water partition coefficient (Wildman–Crippen LogP) is 4.18. The van der Waals surface area contributed by atoms with E-state index in [2.05, 4.69) is 6.07 Å². The zero-order chi connectivity index (χ0) is 20.4. The van der Waals surface area contributed by atoms with Crippen LogP contribution in [0.2, 0.25) is 0 Å². The number of hydrogen-bond donors (Lipinski definition) is 0. The summed E-state index contributed by atoms with van der Waals surface area (Å²) in [5, 5.41) is 2.19. The monoisotopic (exact) mass is 395 g/mol. The number of esters is 1. The summed E-state index contributed by atoms with van der Waals surface area (Å²) in [5.74, 6) is 2.38. The molecule has 4 rings (SSSR count). The maximum atomic E-state index is 12.4. The molecule has 5 nitrogen and oxygen atoms in total. The van der Waals surface area contributed by atoms with Crippen molar-refractivity contribution in [1.82, 2.24) is 4.90 Å². The van der Waals surface area contributed by atoms with E-state index in [1.165, 1.54) is 19.3 Å². The van der Waals surface area contributed by atoms with Crippen LogP contribution in [0.4, 0.5) is 0 Å². The van der Waals surface area contributed by atoms with E-state index < -0.39 is 0 Å². The minimum Gasteiger partial charge on any atom is -0.497 e. The number of benzene rings is 2. The SMILES string of the molecule is COc1ccc2cc(CN(C)C(=O)COC(=O)C[C@H]3C[C@H]4CC[C@@H]3C4)ccc2c1. The fourth-order valence-electron chi connectivity index (χ4n) is 5.01. The van der Waals surface area contributed by atoms with Gasteiger partial charge in [-0.2, -0.15) is 0 Å². The summed E-state index contributed by atoms with van der Waals surface area (Å²) < 4.78 is 10.5. The van der Waals surface area contributed by atoms with E-state index in [1.807, 2.05) is 30.3 Å². The molecule has 0 aliphatic heterocycles. The third-order valence-electron chi connectivity index (χ3n) is 6.63. The van der Waals surface area contributed by atoms with Crippen molar-refractivity contribution < 1.29 is 19.1 Å². The molecular formula is C24H29NO4. The van der Waals surface area contributed by atoms with Crippen LogP contribution in [0, 0.1) is 17.8 Å². The fourth-order valence-corrected chi connectivity index (χ4v) is 5.01. The molecule has 0 N–H and O–H groups in total. The molecule has 0 heterocycles. The summed E-state index contributed by atoms with van der Waals surface area (Å²) in [6, 6.07) is 12.0. The van der Waals surface area contributed by atoms with E-state index in [4.69, 9.17) is 9.47 Å². The van der Waals surface area contributed by atoms with Crippen molar-refractivity contribution in [3.63, 3.8) is 0 Å². The Bertz CT molecular complexity index is 909. The molecule has 2 aromatic rings. The lowest BCUT2D eigenvalue weighted by Gasteiger charge is -2.21. The lowest BCUT2D eigenvalue weighted by Crippen LogP contribution is -2.31. The molecule has 0 saturated heterocycles. The predicted molar refractivity (Wildman–Crippen MR) is 111 cm³/mol. The van der Waals surface area contributed by atoms with Crippen LogP contribution in [-0.2, 0) is 20.9 Å². The van der Waals surface area contributed by atoms with Crippen molar-refractivity contribution in [1.29, 1.82) is 0 Å². The van der Waals surface area contributed by atoms with Crippen LogP contribution in [0.25, 0.3) is 10.8 Å². The molecule has 2 bridgehead atoms. The molecule has 29 heavy (non-hydrogen) atoms. The summed E-state index contributed by atoms with van der Waals surface area (Å²) >= 11 is 0. The summed E-state index contributed by atoms with van der Waals surface area (Å²) in [6.45, 7) is 0.297. The zero-order valence-corrected chi connectivity index (χ0v) is 17.2. The van der Waals surface area contributed by atoms with Crippen LogP contribution >= 0.6 is 0 Å². The molecule has 2 saturated carbocycles. The first-order valence-corrected chi connectivity index (χ1v) is 10.5. The average Bonchev–Trinajstić information content (AvgIpc) is 3.34. The standard InChI is InChI=1S/C24H29NO4/c1-25(14-17-4-6-20-12-22(28-2)8-7-18(20)11-17)23(26)15-29-24(27)13-21-10-16-3-5-19(21)9-16/h4,6-8,11-12,16,19,21H,3,5,9-10,13-15H2,1-2H3/t16-,19+,21+/m0/s1. The minimum atomic E-state index is -0.232. The van der Waals surface area contributed by atoms with Gasteiger partial charge in [0.2, 0.25) is 0 Å². The molecule has 2 aliphatic carbocycles.